The second-order valence-corrected chi connectivity index (χ2v) is 2.93. The largest absolute Gasteiger partial charge is 0.330 e. The van der Waals surface area contributed by atoms with E-state index in [-0.39, 0.29) is 0 Å². The Labute approximate surface area is 71.5 Å². The molecule has 0 saturated heterocycles. The van der Waals surface area contributed by atoms with Crippen molar-refractivity contribution >= 4 is 0 Å². The van der Waals surface area contributed by atoms with Gasteiger partial charge < -0.3 is 10.6 Å². The molecule has 0 unspecified atom stereocenters. The molecule has 2 N–H and O–H groups in total. The fraction of sp³-hybridized carbons (Fsp3) is 0.714. The Bertz CT molecular complexity index is 233. The Balaban J connectivity index is 2.63. The number of nitrogens with zero attached hydrogens (tertiary/aromatic N) is 3. The van der Waals surface area contributed by atoms with Crippen molar-refractivity contribution in [3.63, 3.8) is 0 Å². The summed E-state index contributed by atoms with van der Waals surface area (Å²) in [5, 5.41) is 7.56. The van der Waals surface area contributed by atoms with Crippen LogP contribution in [-0.2, 0) is 13.0 Å². The molecular formula is C7H14N4O. The number of aromatic nitrogens is 2. The molecule has 0 radical (unpaired) electrons. The molecule has 5 nitrogen and oxygen atoms in total. The smallest absolute Gasteiger partial charge is 0.122 e. The Morgan fingerprint density at radius 2 is 2.00 bits per heavy atom. The van der Waals surface area contributed by atoms with Gasteiger partial charge in [-0.25, -0.2) is 4.63 Å². The Kier molecular flexibility index (Phi) is 3.19. The first-order valence-corrected chi connectivity index (χ1v) is 3.89. The molecule has 5 heteroatoms. The lowest BCUT2D eigenvalue weighted by atomic mass is 10.2. The predicted molar refractivity (Wildman–Crippen MR) is 44.4 cm³/mol. The molecular weight excluding hydrogens is 156 g/mol. The minimum absolute atomic E-state index is 0.578. The van der Waals surface area contributed by atoms with Gasteiger partial charge in [0.2, 0.25) is 0 Å². The molecule has 1 rings (SSSR count). The van der Waals surface area contributed by atoms with Gasteiger partial charge in [0, 0.05) is 13.0 Å². The van der Waals surface area contributed by atoms with Gasteiger partial charge >= 0.3 is 0 Å². The molecule has 68 valence electrons. The Hall–Kier alpha value is -0.940. The highest BCUT2D eigenvalue weighted by atomic mass is 16.6. The molecule has 1 aromatic rings. The lowest BCUT2D eigenvalue weighted by molar-refractivity contribution is 0.292. The molecule has 1 aromatic heterocycles. The third kappa shape index (κ3) is 2.28. The normalized spacial score (nSPS) is 11.0. The van der Waals surface area contributed by atoms with E-state index >= 15 is 0 Å². The fourth-order valence-corrected chi connectivity index (χ4v) is 0.971. The average Bonchev–Trinajstić information content (AvgIpc) is 2.37. The van der Waals surface area contributed by atoms with Crippen LogP contribution in [0.25, 0.3) is 0 Å². The number of rotatable bonds is 4. The minimum atomic E-state index is 0.578. The molecule has 0 amide bonds. The van der Waals surface area contributed by atoms with Gasteiger partial charge in [-0.2, -0.15) is 0 Å². The van der Waals surface area contributed by atoms with Crippen molar-refractivity contribution in [2.45, 2.75) is 13.0 Å². The lowest BCUT2D eigenvalue weighted by Gasteiger charge is -2.05. The fourth-order valence-electron chi connectivity index (χ4n) is 0.971. The Morgan fingerprint density at radius 3 is 2.58 bits per heavy atom. The topological polar surface area (TPSA) is 68.2 Å². The van der Waals surface area contributed by atoms with Crippen molar-refractivity contribution < 1.29 is 4.63 Å². The van der Waals surface area contributed by atoms with Crippen LogP contribution in [0.1, 0.15) is 11.4 Å². The van der Waals surface area contributed by atoms with E-state index in [1.165, 1.54) is 0 Å². The third-order valence-electron chi connectivity index (χ3n) is 1.48. The maximum absolute atomic E-state index is 5.40. The van der Waals surface area contributed by atoms with Gasteiger partial charge in [0.15, 0.2) is 0 Å². The molecule has 0 bridgehead atoms. The molecule has 1 heterocycles. The molecule has 0 aliphatic heterocycles. The van der Waals surface area contributed by atoms with Gasteiger partial charge in [0.05, 0.1) is 0 Å². The highest BCUT2D eigenvalue weighted by Gasteiger charge is 2.08. The molecule has 0 aromatic carbocycles. The zero-order chi connectivity index (χ0) is 8.97. The molecule has 0 saturated carbocycles. The van der Waals surface area contributed by atoms with Crippen molar-refractivity contribution in [1.29, 1.82) is 0 Å². The van der Waals surface area contributed by atoms with E-state index in [1.807, 2.05) is 19.0 Å². The van der Waals surface area contributed by atoms with Crippen molar-refractivity contribution in [3.05, 3.63) is 11.4 Å². The third-order valence-corrected chi connectivity index (χ3v) is 1.48. The summed E-state index contributed by atoms with van der Waals surface area (Å²) in [5.41, 5.74) is 7.14. The second kappa shape index (κ2) is 4.18. The van der Waals surface area contributed by atoms with Crippen LogP contribution in [0.4, 0.5) is 0 Å². The summed E-state index contributed by atoms with van der Waals surface area (Å²) in [6, 6.07) is 0. The van der Waals surface area contributed by atoms with Gasteiger partial charge in [-0.1, -0.05) is 10.3 Å². The van der Waals surface area contributed by atoms with E-state index in [1.54, 1.807) is 0 Å². The van der Waals surface area contributed by atoms with Crippen molar-refractivity contribution in [2.75, 3.05) is 20.6 Å². The lowest BCUT2D eigenvalue weighted by Crippen LogP contribution is -2.13. The first-order chi connectivity index (χ1) is 5.74. The number of hydrogen-bond donors (Lipinski definition) is 1. The summed E-state index contributed by atoms with van der Waals surface area (Å²) in [7, 11) is 3.95. The average molecular weight is 170 g/mol. The van der Waals surface area contributed by atoms with Gasteiger partial charge in [0.1, 0.15) is 11.4 Å². The van der Waals surface area contributed by atoms with Crippen LogP contribution in [-0.4, -0.2) is 35.9 Å². The Morgan fingerprint density at radius 1 is 1.33 bits per heavy atom. The highest BCUT2D eigenvalue weighted by molar-refractivity contribution is 5.07. The molecule has 0 spiro atoms. The first kappa shape index (κ1) is 9.15. The van der Waals surface area contributed by atoms with Crippen molar-refractivity contribution in [2.24, 2.45) is 5.73 Å². The summed E-state index contributed by atoms with van der Waals surface area (Å²) in [5.74, 6) is 0. The van der Waals surface area contributed by atoms with Crippen LogP contribution >= 0.6 is 0 Å². The number of nitrogens with two attached hydrogens (primary N) is 1. The second-order valence-electron chi connectivity index (χ2n) is 2.93. The zero-order valence-electron chi connectivity index (χ0n) is 7.45. The van der Waals surface area contributed by atoms with Crippen LogP contribution in [0, 0.1) is 0 Å². The van der Waals surface area contributed by atoms with Gasteiger partial charge in [-0.3, -0.25) is 0 Å². The predicted octanol–water partition coefficient (Wildman–Crippen LogP) is -0.368. The summed E-state index contributed by atoms with van der Waals surface area (Å²) in [6.45, 7) is 1.33. The molecule has 0 fully saturated rings. The maximum Gasteiger partial charge on any atom is 0.122 e. The van der Waals surface area contributed by atoms with Crippen LogP contribution in [0.3, 0.4) is 0 Å². The van der Waals surface area contributed by atoms with Crippen LogP contribution in [0.2, 0.25) is 0 Å². The summed E-state index contributed by atoms with van der Waals surface area (Å²) in [4.78, 5) is 2.01. The van der Waals surface area contributed by atoms with Crippen molar-refractivity contribution in [1.82, 2.24) is 15.2 Å². The summed E-state index contributed by atoms with van der Waals surface area (Å²) >= 11 is 0. The summed E-state index contributed by atoms with van der Waals surface area (Å²) < 4.78 is 4.62. The molecule has 0 atom stereocenters. The molecule has 0 aliphatic rings. The van der Waals surface area contributed by atoms with E-state index in [0.717, 1.165) is 24.4 Å². The molecule has 0 aliphatic carbocycles. The zero-order valence-corrected chi connectivity index (χ0v) is 7.45. The SMILES string of the molecule is CN(C)Cc1nonc1CCN. The standard InChI is InChI=1S/C7H14N4O/c1-11(2)5-7-6(3-4-8)9-12-10-7/h3-5,8H2,1-2H3. The minimum Gasteiger partial charge on any atom is -0.330 e. The van der Waals surface area contributed by atoms with E-state index < -0.39 is 0 Å². The van der Waals surface area contributed by atoms with Crippen LogP contribution in [0.5, 0.6) is 0 Å². The van der Waals surface area contributed by atoms with Crippen LogP contribution in [0.15, 0.2) is 4.63 Å². The highest BCUT2D eigenvalue weighted by Crippen LogP contribution is 2.04. The van der Waals surface area contributed by atoms with E-state index in [0.29, 0.717) is 6.54 Å². The first-order valence-electron chi connectivity index (χ1n) is 3.89. The van der Waals surface area contributed by atoms with Gasteiger partial charge in [-0.05, 0) is 20.6 Å². The van der Waals surface area contributed by atoms with Gasteiger partial charge in [-0.15, -0.1) is 0 Å². The maximum atomic E-state index is 5.40. The molecule has 12 heavy (non-hydrogen) atoms. The monoisotopic (exact) mass is 170 g/mol. The van der Waals surface area contributed by atoms with E-state index in [9.17, 15) is 0 Å². The van der Waals surface area contributed by atoms with Gasteiger partial charge in [0.25, 0.3) is 0 Å². The number of hydrogen-bond acceptors (Lipinski definition) is 5. The van der Waals surface area contributed by atoms with E-state index in [2.05, 4.69) is 14.9 Å². The quantitative estimate of drug-likeness (QED) is 0.668. The summed E-state index contributed by atoms with van der Waals surface area (Å²) in [6.07, 6.45) is 0.729. The van der Waals surface area contributed by atoms with E-state index in [4.69, 9.17) is 5.73 Å². The van der Waals surface area contributed by atoms with Crippen molar-refractivity contribution in [3.8, 4) is 0 Å². The van der Waals surface area contributed by atoms with Crippen LogP contribution < -0.4 is 5.73 Å².